The minimum Gasteiger partial charge on any atom is -0.289 e. The summed E-state index contributed by atoms with van der Waals surface area (Å²) < 4.78 is 1.73. The molecule has 8 heteroatoms. The molecule has 2 fully saturated rings. The Morgan fingerprint density at radius 2 is 1.47 bits per heavy atom. The molecule has 0 spiro atoms. The SMILES string of the molecule is O=C(c1ccccc1)c1cc(I)ccc1N1O[C@@H]2C(=O)N(c3ccc(Br)cc3)C(=O)[C@@H]2[C@H]1c1ccccc1. The molecule has 2 heterocycles. The first kappa shape index (κ1) is 25.0. The van der Waals surface area contributed by atoms with Crippen molar-refractivity contribution in [1.29, 1.82) is 0 Å². The Balaban J connectivity index is 1.46. The highest BCUT2D eigenvalue weighted by molar-refractivity contribution is 14.1. The van der Waals surface area contributed by atoms with Crippen molar-refractivity contribution in [3.8, 4) is 0 Å². The molecule has 3 atom stereocenters. The van der Waals surface area contributed by atoms with Crippen molar-refractivity contribution in [3.63, 3.8) is 0 Å². The Morgan fingerprint density at radius 1 is 0.816 bits per heavy atom. The average molecular weight is 679 g/mol. The third-order valence-electron chi connectivity index (χ3n) is 6.82. The van der Waals surface area contributed by atoms with Crippen molar-refractivity contribution in [1.82, 2.24) is 0 Å². The lowest BCUT2D eigenvalue weighted by Crippen LogP contribution is -2.37. The fourth-order valence-corrected chi connectivity index (χ4v) is 5.84. The maximum Gasteiger partial charge on any atom is 0.266 e. The number of carbonyl (C=O) groups excluding carboxylic acids is 3. The van der Waals surface area contributed by atoms with Crippen LogP contribution in [0.4, 0.5) is 11.4 Å². The van der Waals surface area contributed by atoms with Crippen LogP contribution < -0.4 is 9.96 Å². The number of anilines is 2. The molecular weight excluding hydrogens is 659 g/mol. The van der Waals surface area contributed by atoms with Gasteiger partial charge in [-0.1, -0.05) is 76.6 Å². The Hall–Kier alpha value is -3.34. The zero-order valence-corrected chi connectivity index (χ0v) is 23.6. The predicted molar refractivity (Wildman–Crippen MR) is 156 cm³/mol. The molecule has 0 unspecified atom stereocenters. The molecule has 0 aliphatic carbocycles. The molecular formula is C30H20BrIN2O4. The van der Waals surface area contributed by atoms with Gasteiger partial charge in [-0.25, -0.2) is 9.96 Å². The van der Waals surface area contributed by atoms with Crippen LogP contribution in [0.15, 0.2) is 108 Å². The number of hydrogen-bond donors (Lipinski definition) is 0. The minimum absolute atomic E-state index is 0.166. The fraction of sp³-hybridized carbons (Fsp3) is 0.100. The Kier molecular flexibility index (Phi) is 6.63. The predicted octanol–water partition coefficient (Wildman–Crippen LogP) is 6.34. The smallest absolute Gasteiger partial charge is 0.266 e. The summed E-state index contributed by atoms with van der Waals surface area (Å²) >= 11 is 5.57. The molecule has 2 aliphatic heterocycles. The largest absolute Gasteiger partial charge is 0.289 e. The van der Waals surface area contributed by atoms with Crippen LogP contribution in [0.3, 0.4) is 0 Å². The van der Waals surface area contributed by atoms with E-state index in [9.17, 15) is 14.4 Å². The molecule has 188 valence electrons. The van der Waals surface area contributed by atoms with Gasteiger partial charge in [-0.15, -0.1) is 0 Å². The summed E-state index contributed by atoms with van der Waals surface area (Å²) in [5.74, 6) is -1.71. The summed E-state index contributed by atoms with van der Waals surface area (Å²) in [5.41, 5.74) is 2.80. The number of ketones is 1. The number of nitrogens with zero attached hydrogens (tertiary/aromatic N) is 2. The normalized spacial score (nSPS) is 20.6. The van der Waals surface area contributed by atoms with E-state index in [1.807, 2.05) is 66.7 Å². The number of imide groups is 1. The molecule has 0 saturated carbocycles. The maximum atomic E-state index is 13.9. The van der Waals surface area contributed by atoms with Crippen LogP contribution in [0.25, 0.3) is 0 Å². The van der Waals surface area contributed by atoms with E-state index in [1.165, 1.54) is 4.90 Å². The highest BCUT2D eigenvalue weighted by Crippen LogP contribution is 2.48. The molecule has 6 rings (SSSR count). The maximum absolute atomic E-state index is 13.9. The van der Waals surface area contributed by atoms with Gasteiger partial charge in [-0.3, -0.25) is 19.2 Å². The highest BCUT2D eigenvalue weighted by atomic mass is 127. The Bertz CT molecular complexity index is 1550. The number of halogens is 2. The van der Waals surface area contributed by atoms with Crippen molar-refractivity contribution in [2.45, 2.75) is 12.1 Å². The third-order valence-corrected chi connectivity index (χ3v) is 8.02. The quantitative estimate of drug-likeness (QED) is 0.140. The molecule has 4 aromatic rings. The molecule has 38 heavy (non-hydrogen) atoms. The van der Waals surface area contributed by atoms with E-state index in [1.54, 1.807) is 41.5 Å². The van der Waals surface area contributed by atoms with Crippen LogP contribution in [0.2, 0.25) is 0 Å². The Labute approximate surface area is 241 Å². The topological polar surface area (TPSA) is 66.9 Å². The number of rotatable bonds is 5. The third kappa shape index (κ3) is 4.26. The van der Waals surface area contributed by atoms with E-state index in [0.717, 1.165) is 13.6 Å². The van der Waals surface area contributed by atoms with E-state index < -0.39 is 24.0 Å². The van der Waals surface area contributed by atoms with Crippen molar-refractivity contribution >= 4 is 67.5 Å². The molecule has 2 aliphatic rings. The second-order valence-electron chi connectivity index (χ2n) is 9.08. The lowest BCUT2D eigenvalue weighted by molar-refractivity contribution is -0.126. The van der Waals surface area contributed by atoms with Gasteiger partial charge in [0.05, 0.1) is 17.4 Å². The van der Waals surface area contributed by atoms with E-state index in [0.29, 0.717) is 22.5 Å². The van der Waals surface area contributed by atoms with E-state index in [4.69, 9.17) is 4.84 Å². The summed E-state index contributed by atoms with van der Waals surface area (Å²) in [5, 5.41) is 1.59. The first-order valence-corrected chi connectivity index (χ1v) is 13.8. The van der Waals surface area contributed by atoms with E-state index in [-0.39, 0.29) is 11.7 Å². The lowest BCUT2D eigenvalue weighted by atomic mass is 9.90. The zero-order chi connectivity index (χ0) is 26.4. The summed E-state index contributed by atoms with van der Waals surface area (Å²) in [4.78, 5) is 48.6. The van der Waals surface area contributed by atoms with Gasteiger partial charge in [0.2, 0.25) is 5.91 Å². The van der Waals surface area contributed by atoms with Gasteiger partial charge in [0.25, 0.3) is 5.91 Å². The van der Waals surface area contributed by atoms with Gasteiger partial charge in [0, 0.05) is 19.2 Å². The summed E-state index contributed by atoms with van der Waals surface area (Å²) in [6, 6.07) is 30.5. The number of hydrogen-bond acceptors (Lipinski definition) is 5. The van der Waals surface area contributed by atoms with Crippen LogP contribution in [-0.4, -0.2) is 23.7 Å². The molecule has 6 nitrogen and oxygen atoms in total. The van der Waals surface area contributed by atoms with Crippen LogP contribution in [0.1, 0.15) is 27.5 Å². The monoisotopic (exact) mass is 678 g/mol. The van der Waals surface area contributed by atoms with Crippen molar-refractivity contribution < 1.29 is 19.2 Å². The number of benzene rings is 4. The zero-order valence-electron chi connectivity index (χ0n) is 19.8. The molecule has 0 N–H and O–H groups in total. The summed E-state index contributed by atoms with van der Waals surface area (Å²) in [6.45, 7) is 0. The molecule has 0 bridgehead atoms. The van der Waals surface area contributed by atoms with E-state index >= 15 is 0 Å². The van der Waals surface area contributed by atoms with Gasteiger partial charge in [-0.2, -0.15) is 0 Å². The molecule has 2 amide bonds. The Morgan fingerprint density at radius 3 is 2.16 bits per heavy atom. The van der Waals surface area contributed by atoms with Crippen molar-refractivity contribution in [3.05, 3.63) is 128 Å². The molecule has 2 saturated heterocycles. The molecule has 0 aromatic heterocycles. The van der Waals surface area contributed by atoms with Crippen LogP contribution in [-0.2, 0) is 14.4 Å². The van der Waals surface area contributed by atoms with Gasteiger partial charge in [-0.05, 0) is 70.6 Å². The van der Waals surface area contributed by atoms with Crippen LogP contribution >= 0.6 is 38.5 Å². The fourth-order valence-electron chi connectivity index (χ4n) is 5.08. The first-order valence-electron chi connectivity index (χ1n) is 12.0. The van der Waals surface area contributed by atoms with E-state index in [2.05, 4.69) is 38.5 Å². The van der Waals surface area contributed by atoms with Gasteiger partial charge < -0.3 is 0 Å². The van der Waals surface area contributed by atoms with Crippen LogP contribution in [0, 0.1) is 9.49 Å². The van der Waals surface area contributed by atoms with Crippen molar-refractivity contribution in [2.75, 3.05) is 9.96 Å². The summed E-state index contributed by atoms with van der Waals surface area (Å²) in [6.07, 6.45) is -1.02. The first-order chi connectivity index (χ1) is 18.4. The standard InChI is InChI=1S/C30H20BrIN2O4/c31-20-11-14-22(15-12-20)33-29(36)25-26(18-7-3-1-4-8-18)34(38-28(25)30(33)37)24-16-13-21(32)17-23(24)27(35)19-9-5-2-6-10-19/h1-17,25-26,28H/t25-,26-,28+/m1/s1. The minimum atomic E-state index is -1.02. The van der Waals surface area contributed by atoms with Gasteiger partial charge in [0.15, 0.2) is 11.9 Å². The highest BCUT2D eigenvalue weighted by Gasteiger charge is 2.60. The van der Waals surface area contributed by atoms with Crippen molar-refractivity contribution in [2.24, 2.45) is 5.92 Å². The number of amides is 2. The van der Waals surface area contributed by atoms with Gasteiger partial charge in [0.1, 0.15) is 5.92 Å². The van der Waals surface area contributed by atoms with Crippen LogP contribution in [0.5, 0.6) is 0 Å². The summed E-state index contributed by atoms with van der Waals surface area (Å²) in [7, 11) is 0. The number of hydroxylamine groups is 1. The lowest BCUT2D eigenvalue weighted by Gasteiger charge is -2.30. The molecule has 4 aromatic carbocycles. The number of fused-ring (bicyclic) bond motifs is 1. The second kappa shape index (κ2) is 10.1. The molecule has 0 radical (unpaired) electrons. The second-order valence-corrected chi connectivity index (χ2v) is 11.2. The average Bonchev–Trinajstić information content (AvgIpc) is 3.45. The number of carbonyl (C=O) groups is 3. The van der Waals surface area contributed by atoms with Gasteiger partial charge >= 0.3 is 0 Å².